The molecule has 144 valence electrons. The molecule has 1 aliphatic heterocycles. The largest absolute Gasteiger partial charge is 0.383 e. The molecule has 6 nitrogen and oxygen atoms in total. The summed E-state index contributed by atoms with van der Waals surface area (Å²) < 4.78 is 5.34. The van der Waals surface area contributed by atoms with Crippen molar-refractivity contribution in [1.82, 2.24) is 15.3 Å². The van der Waals surface area contributed by atoms with Crippen LogP contribution in [0.15, 0.2) is 42.7 Å². The Kier molecular flexibility index (Phi) is 7.16. The van der Waals surface area contributed by atoms with E-state index in [9.17, 15) is 4.79 Å². The van der Waals surface area contributed by atoms with Gasteiger partial charge in [-0.25, -0.2) is 4.98 Å². The highest BCUT2D eigenvalue weighted by atomic mass is 16.5. The first-order valence-electron chi connectivity index (χ1n) is 9.67. The Morgan fingerprint density at radius 1 is 1.26 bits per heavy atom. The molecular formula is C21H28N4O2. The van der Waals surface area contributed by atoms with Crippen molar-refractivity contribution >= 4 is 11.7 Å². The number of anilines is 1. The normalized spacial score (nSPS) is 16.9. The van der Waals surface area contributed by atoms with Gasteiger partial charge in [0, 0.05) is 38.3 Å². The first-order valence-corrected chi connectivity index (χ1v) is 9.67. The van der Waals surface area contributed by atoms with Gasteiger partial charge in [0.15, 0.2) is 0 Å². The lowest BCUT2D eigenvalue weighted by atomic mass is 10.0. The highest BCUT2D eigenvalue weighted by Crippen LogP contribution is 2.23. The Balaban J connectivity index is 1.49. The molecule has 0 radical (unpaired) electrons. The Morgan fingerprint density at radius 3 is 2.93 bits per heavy atom. The quantitative estimate of drug-likeness (QED) is 0.726. The molecular weight excluding hydrogens is 340 g/mol. The predicted molar refractivity (Wildman–Crippen MR) is 106 cm³/mol. The van der Waals surface area contributed by atoms with E-state index in [-0.39, 0.29) is 5.91 Å². The standard InChI is InChI=1S/C21H28N4O2/c1-27-16-19-9-3-5-14-25(19)20-11-10-17(15-24-20)21(26)23-13-6-8-18-7-2-4-12-22-18/h2,4,7,10-12,15,19H,3,5-6,8-9,13-14,16H2,1H3,(H,23,26). The lowest BCUT2D eigenvalue weighted by Crippen LogP contribution is -2.42. The molecule has 0 bridgehead atoms. The van der Waals surface area contributed by atoms with Gasteiger partial charge in [-0.3, -0.25) is 9.78 Å². The molecule has 1 unspecified atom stereocenters. The molecule has 2 aromatic rings. The molecule has 1 N–H and O–H groups in total. The molecule has 1 atom stereocenters. The van der Waals surface area contributed by atoms with Gasteiger partial charge in [0.1, 0.15) is 5.82 Å². The van der Waals surface area contributed by atoms with Crippen molar-refractivity contribution in [1.29, 1.82) is 0 Å². The summed E-state index contributed by atoms with van der Waals surface area (Å²) in [7, 11) is 1.74. The highest BCUT2D eigenvalue weighted by molar-refractivity contribution is 5.94. The van der Waals surface area contributed by atoms with Crippen LogP contribution in [0.2, 0.25) is 0 Å². The van der Waals surface area contributed by atoms with Gasteiger partial charge in [-0.15, -0.1) is 0 Å². The van der Waals surface area contributed by atoms with E-state index in [1.165, 1.54) is 12.8 Å². The summed E-state index contributed by atoms with van der Waals surface area (Å²) >= 11 is 0. The molecule has 1 fully saturated rings. The Morgan fingerprint density at radius 2 is 2.19 bits per heavy atom. The van der Waals surface area contributed by atoms with Crippen molar-refractivity contribution in [3.05, 3.63) is 54.0 Å². The van der Waals surface area contributed by atoms with Gasteiger partial charge in [0.25, 0.3) is 5.91 Å². The smallest absolute Gasteiger partial charge is 0.252 e. The Hall–Kier alpha value is -2.47. The number of carbonyl (C=O) groups is 1. The van der Waals surface area contributed by atoms with Crippen molar-refractivity contribution in [2.24, 2.45) is 0 Å². The summed E-state index contributed by atoms with van der Waals surface area (Å²) in [4.78, 5) is 23.4. The van der Waals surface area contributed by atoms with Gasteiger partial charge in [-0.05, 0) is 56.4 Å². The third-order valence-electron chi connectivity index (χ3n) is 4.91. The molecule has 0 saturated carbocycles. The van der Waals surface area contributed by atoms with Crippen LogP contribution in [-0.4, -0.2) is 48.7 Å². The maximum atomic E-state index is 12.3. The van der Waals surface area contributed by atoms with E-state index >= 15 is 0 Å². The molecule has 1 saturated heterocycles. The fraction of sp³-hybridized carbons (Fsp3) is 0.476. The number of carbonyl (C=O) groups excluding carboxylic acids is 1. The zero-order chi connectivity index (χ0) is 18.9. The van der Waals surface area contributed by atoms with E-state index in [0.29, 0.717) is 24.8 Å². The minimum Gasteiger partial charge on any atom is -0.383 e. The molecule has 1 amide bonds. The average molecular weight is 368 g/mol. The fourth-order valence-electron chi connectivity index (χ4n) is 3.48. The van der Waals surface area contributed by atoms with E-state index in [2.05, 4.69) is 20.2 Å². The van der Waals surface area contributed by atoms with E-state index in [1.54, 1.807) is 19.5 Å². The molecule has 6 heteroatoms. The number of nitrogens with one attached hydrogen (secondary N) is 1. The third kappa shape index (κ3) is 5.50. The van der Waals surface area contributed by atoms with Crippen molar-refractivity contribution < 1.29 is 9.53 Å². The first kappa shape index (κ1) is 19.3. The molecule has 0 spiro atoms. The molecule has 3 rings (SSSR count). The summed E-state index contributed by atoms with van der Waals surface area (Å²) in [5.74, 6) is 0.839. The van der Waals surface area contributed by atoms with E-state index in [4.69, 9.17) is 4.74 Å². The first-order chi connectivity index (χ1) is 13.3. The second-order valence-electron chi connectivity index (χ2n) is 6.88. The number of aromatic nitrogens is 2. The summed E-state index contributed by atoms with van der Waals surface area (Å²) in [5.41, 5.74) is 1.64. The van der Waals surface area contributed by atoms with Crippen LogP contribution in [0.25, 0.3) is 0 Å². The maximum absolute atomic E-state index is 12.3. The van der Waals surface area contributed by atoms with Gasteiger partial charge in [-0.1, -0.05) is 6.07 Å². The molecule has 1 aliphatic rings. The third-order valence-corrected chi connectivity index (χ3v) is 4.91. The number of rotatable bonds is 8. The van der Waals surface area contributed by atoms with Gasteiger partial charge in [0.05, 0.1) is 18.2 Å². The van der Waals surface area contributed by atoms with Crippen LogP contribution in [0.3, 0.4) is 0 Å². The van der Waals surface area contributed by atoms with Crippen LogP contribution >= 0.6 is 0 Å². The van der Waals surface area contributed by atoms with E-state index in [0.717, 1.165) is 37.3 Å². The molecule has 27 heavy (non-hydrogen) atoms. The van der Waals surface area contributed by atoms with Crippen molar-refractivity contribution in [2.45, 2.75) is 38.1 Å². The average Bonchev–Trinajstić information content (AvgIpc) is 2.73. The van der Waals surface area contributed by atoms with Crippen molar-refractivity contribution in [3.63, 3.8) is 0 Å². The predicted octanol–water partition coefficient (Wildman–Crippen LogP) is 2.84. The topological polar surface area (TPSA) is 67.3 Å². The summed E-state index contributed by atoms with van der Waals surface area (Å²) in [6, 6.07) is 10.0. The minimum absolute atomic E-state index is 0.0813. The lowest BCUT2D eigenvalue weighted by molar-refractivity contribution is 0.0953. The van der Waals surface area contributed by atoms with Crippen LogP contribution in [0.5, 0.6) is 0 Å². The maximum Gasteiger partial charge on any atom is 0.252 e. The van der Waals surface area contributed by atoms with Gasteiger partial charge < -0.3 is 15.0 Å². The molecule has 3 heterocycles. The highest BCUT2D eigenvalue weighted by Gasteiger charge is 2.23. The second-order valence-corrected chi connectivity index (χ2v) is 6.88. The van der Waals surface area contributed by atoms with Crippen molar-refractivity contribution in [3.8, 4) is 0 Å². The monoisotopic (exact) mass is 368 g/mol. The summed E-state index contributed by atoms with van der Waals surface area (Å²) in [6.07, 6.45) is 8.69. The number of aryl methyl sites for hydroxylation is 1. The van der Waals surface area contributed by atoms with E-state index < -0.39 is 0 Å². The van der Waals surface area contributed by atoms with Crippen LogP contribution in [0.4, 0.5) is 5.82 Å². The number of ether oxygens (including phenoxy) is 1. The molecule has 0 aromatic carbocycles. The van der Waals surface area contributed by atoms with Gasteiger partial charge in [-0.2, -0.15) is 0 Å². The summed E-state index contributed by atoms with van der Waals surface area (Å²) in [6.45, 7) is 2.32. The number of piperidine rings is 1. The van der Waals surface area contributed by atoms with Crippen LogP contribution in [0, 0.1) is 0 Å². The summed E-state index contributed by atoms with van der Waals surface area (Å²) in [5, 5.41) is 2.96. The van der Waals surface area contributed by atoms with Crippen LogP contribution < -0.4 is 10.2 Å². The zero-order valence-electron chi connectivity index (χ0n) is 15.9. The Bertz CT molecular complexity index is 704. The number of hydrogen-bond donors (Lipinski definition) is 1. The van der Waals surface area contributed by atoms with Gasteiger partial charge in [0.2, 0.25) is 0 Å². The number of nitrogens with zero attached hydrogens (tertiary/aromatic N) is 3. The number of hydrogen-bond acceptors (Lipinski definition) is 5. The second kappa shape index (κ2) is 10.0. The van der Waals surface area contributed by atoms with Crippen molar-refractivity contribution in [2.75, 3.05) is 31.7 Å². The fourth-order valence-corrected chi connectivity index (χ4v) is 3.48. The van der Waals surface area contributed by atoms with Crippen LogP contribution in [0.1, 0.15) is 41.7 Å². The van der Waals surface area contributed by atoms with E-state index in [1.807, 2.05) is 30.3 Å². The molecule has 2 aromatic heterocycles. The SMILES string of the molecule is COCC1CCCCN1c1ccc(C(=O)NCCCc2ccccn2)cn1. The molecule has 0 aliphatic carbocycles. The minimum atomic E-state index is -0.0813. The van der Waals surface area contributed by atoms with Gasteiger partial charge >= 0.3 is 0 Å². The number of amides is 1. The zero-order valence-corrected chi connectivity index (χ0v) is 15.9. The number of methoxy groups -OCH3 is 1. The number of pyridine rings is 2. The van der Waals surface area contributed by atoms with Crippen LogP contribution in [-0.2, 0) is 11.2 Å². The Labute approximate surface area is 161 Å². The lowest BCUT2D eigenvalue weighted by Gasteiger charge is -2.36.